The molecule has 4 nitrogen and oxygen atoms in total. The average Bonchev–Trinajstić information content (AvgIpc) is 1.61. The van der Waals surface area contributed by atoms with E-state index >= 15 is 0 Å². The molecule has 0 aromatic rings. The summed E-state index contributed by atoms with van der Waals surface area (Å²) in [7, 11) is 0. The van der Waals surface area contributed by atoms with Crippen LogP contribution in [0.3, 0.4) is 0 Å². The third kappa shape index (κ3) is 11.1. The molecule has 5 heteroatoms. The molecule has 0 aliphatic heterocycles. The van der Waals surface area contributed by atoms with Crippen LogP contribution in [0.2, 0.25) is 0 Å². The van der Waals surface area contributed by atoms with Gasteiger partial charge >= 0.3 is 30.8 Å². The fourth-order valence-electron chi connectivity index (χ4n) is 0.143. The summed E-state index contributed by atoms with van der Waals surface area (Å²) in [6, 6.07) is 0. The van der Waals surface area contributed by atoms with Crippen LogP contribution >= 0.6 is 0 Å². The maximum atomic E-state index is 9.55. The molecule has 0 aromatic carbocycles. The van der Waals surface area contributed by atoms with Gasteiger partial charge in [0, 0.05) is 12.2 Å². The number of hydrogen-bond donors (Lipinski definition) is 2. The molecule has 0 aromatic heterocycles. The molecule has 0 aliphatic rings. The number of aliphatic carboxylic acids is 2. The van der Waals surface area contributed by atoms with E-state index < -0.39 is 11.9 Å². The summed E-state index contributed by atoms with van der Waals surface area (Å²) < 4.78 is 0. The molecular weight excluding hydrogens is 119 g/mol. The van der Waals surface area contributed by atoms with Gasteiger partial charge < -0.3 is 10.2 Å². The standard InChI is InChI=1S/C4H4O4.Li.H/c5-3(6)1-2-4(7)8;;/h1-2H,(H,5,6)(H,7,8);;. The van der Waals surface area contributed by atoms with E-state index in [9.17, 15) is 9.59 Å². The minimum absolute atomic E-state index is 0. The van der Waals surface area contributed by atoms with Crippen molar-refractivity contribution in [2.24, 2.45) is 0 Å². The summed E-state index contributed by atoms with van der Waals surface area (Å²) in [5.41, 5.74) is 0. The van der Waals surface area contributed by atoms with Gasteiger partial charge in [-0.3, -0.25) is 0 Å². The van der Waals surface area contributed by atoms with Gasteiger partial charge in [-0.05, 0) is 0 Å². The Hall–Kier alpha value is -0.723. The summed E-state index contributed by atoms with van der Waals surface area (Å²) in [6.45, 7) is 0. The molecule has 0 fully saturated rings. The van der Waals surface area contributed by atoms with Crippen LogP contribution in [-0.4, -0.2) is 41.0 Å². The molecule has 0 saturated carbocycles. The summed E-state index contributed by atoms with van der Waals surface area (Å²) in [5, 5.41) is 15.6. The topological polar surface area (TPSA) is 74.6 Å². The molecule has 0 bridgehead atoms. The van der Waals surface area contributed by atoms with Crippen molar-refractivity contribution in [3.05, 3.63) is 12.2 Å². The zero-order valence-electron chi connectivity index (χ0n) is 3.87. The Bertz CT molecular complexity index is 124. The molecule has 9 heavy (non-hydrogen) atoms. The third-order valence-corrected chi connectivity index (χ3v) is 0.368. The van der Waals surface area contributed by atoms with Crippen molar-refractivity contribution in [1.29, 1.82) is 0 Å². The summed E-state index contributed by atoms with van der Waals surface area (Å²) in [6.07, 6.45) is 1.12. The Morgan fingerprint density at radius 2 is 1.22 bits per heavy atom. The van der Waals surface area contributed by atoms with Crippen LogP contribution in [0.25, 0.3) is 0 Å². The molecule has 0 spiro atoms. The van der Waals surface area contributed by atoms with Gasteiger partial charge in [-0.1, -0.05) is 0 Å². The molecular formula is C4H5LiO4. The zero-order valence-corrected chi connectivity index (χ0v) is 3.87. The first-order valence-corrected chi connectivity index (χ1v) is 1.77. The Morgan fingerprint density at radius 1 is 1.00 bits per heavy atom. The van der Waals surface area contributed by atoms with E-state index in [2.05, 4.69) is 0 Å². The van der Waals surface area contributed by atoms with Crippen molar-refractivity contribution in [2.75, 3.05) is 0 Å². The predicted molar refractivity (Wildman–Crippen MR) is 31.6 cm³/mol. The van der Waals surface area contributed by atoms with E-state index in [1.165, 1.54) is 0 Å². The van der Waals surface area contributed by atoms with E-state index in [1.54, 1.807) is 0 Å². The van der Waals surface area contributed by atoms with Crippen LogP contribution in [-0.2, 0) is 9.59 Å². The molecule has 0 aliphatic carbocycles. The summed E-state index contributed by atoms with van der Waals surface area (Å²) in [4.78, 5) is 19.1. The second-order valence-electron chi connectivity index (χ2n) is 1.01. The van der Waals surface area contributed by atoms with Gasteiger partial charge in [-0.2, -0.15) is 0 Å². The number of hydrogen-bond acceptors (Lipinski definition) is 2. The van der Waals surface area contributed by atoms with Crippen LogP contribution in [0.15, 0.2) is 12.2 Å². The van der Waals surface area contributed by atoms with Gasteiger partial charge in [0.15, 0.2) is 0 Å². The fraction of sp³-hybridized carbons (Fsp3) is 0. The van der Waals surface area contributed by atoms with Crippen LogP contribution in [0.1, 0.15) is 0 Å². The molecule has 0 saturated heterocycles. The number of carboxylic acid groups (broad SMARTS) is 2. The maximum absolute atomic E-state index is 9.55. The van der Waals surface area contributed by atoms with E-state index in [0.29, 0.717) is 12.2 Å². The Morgan fingerprint density at radius 3 is 1.33 bits per heavy atom. The van der Waals surface area contributed by atoms with Gasteiger partial charge in [0.25, 0.3) is 0 Å². The monoisotopic (exact) mass is 124 g/mol. The van der Waals surface area contributed by atoms with Gasteiger partial charge in [-0.15, -0.1) is 0 Å². The SMILES string of the molecule is O=C(O)C=CC(=O)O.[LiH]. The normalized spacial score (nSPS) is 8.44. The Kier molecular flexibility index (Phi) is 6.69. The van der Waals surface area contributed by atoms with E-state index in [0.717, 1.165) is 0 Å². The van der Waals surface area contributed by atoms with Crippen molar-refractivity contribution < 1.29 is 19.8 Å². The van der Waals surface area contributed by atoms with E-state index in [4.69, 9.17) is 10.2 Å². The van der Waals surface area contributed by atoms with Gasteiger partial charge in [0.1, 0.15) is 0 Å². The number of carboxylic acids is 2. The molecule has 0 atom stereocenters. The quantitative estimate of drug-likeness (QED) is 0.368. The van der Waals surface area contributed by atoms with Crippen molar-refractivity contribution in [3.63, 3.8) is 0 Å². The van der Waals surface area contributed by atoms with Gasteiger partial charge in [0.2, 0.25) is 0 Å². The van der Waals surface area contributed by atoms with Gasteiger partial charge in [0.05, 0.1) is 0 Å². The second kappa shape index (κ2) is 5.41. The average molecular weight is 124 g/mol. The third-order valence-electron chi connectivity index (χ3n) is 0.368. The zero-order chi connectivity index (χ0) is 6.57. The molecule has 2 N–H and O–H groups in total. The predicted octanol–water partition coefficient (Wildman–Crippen LogP) is -0.937. The van der Waals surface area contributed by atoms with E-state index in [-0.39, 0.29) is 18.9 Å². The number of carbonyl (C=O) groups is 2. The van der Waals surface area contributed by atoms with Crippen LogP contribution in [0.4, 0.5) is 0 Å². The molecule has 0 radical (unpaired) electrons. The molecule has 0 heterocycles. The minimum atomic E-state index is -1.26. The first-order valence-electron chi connectivity index (χ1n) is 1.77. The Labute approximate surface area is 63.4 Å². The van der Waals surface area contributed by atoms with Crippen molar-refractivity contribution in [1.82, 2.24) is 0 Å². The fourth-order valence-corrected chi connectivity index (χ4v) is 0.143. The van der Waals surface area contributed by atoms with Crippen LogP contribution < -0.4 is 0 Å². The van der Waals surface area contributed by atoms with Crippen LogP contribution in [0, 0.1) is 0 Å². The molecule has 0 amide bonds. The first kappa shape index (κ1) is 11.1. The number of rotatable bonds is 2. The summed E-state index contributed by atoms with van der Waals surface area (Å²) in [5.74, 6) is -2.51. The van der Waals surface area contributed by atoms with E-state index in [1.807, 2.05) is 0 Å². The molecule has 0 rings (SSSR count). The first-order chi connectivity index (χ1) is 3.63. The van der Waals surface area contributed by atoms with Crippen molar-refractivity contribution in [2.45, 2.75) is 0 Å². The molecule has 0 unspecified atom stereocenters. The van der Waals surface area contributed by atoms with Crippen molar-refractivity contribution >= 4 is 30.8 Å². The summed E-state index contributed by atoms with van der Waals surface area (Å²) >= 11 is 0. The van der Waals surface area contributed by atoms with Gasteiger partial charge in [-0.25, -0.2) is 9.59 Å². The van der Waals surface area contributed by atoms with Crippen LogP contribution in [0.5, 0.6) is 0 Å². The Balaban J connectivity index is 0. The van der Waals surface area contributed by atoms with Crippen molar-refractivity contribution in [3.8, 4) is 0 Å². The molecule has 46 valence electrons. The second-order valence-corrected chi connectivity index (χ2v) is 1.01.